The minimum absolute atomic E-state index is 0.734. The number of para-hydroxylation sites is 1. The van der Waals surface area contributed by atoms with Gasteiger partial charge in [0.1, 0.15) is 5.75 Å². The molecule has 1 aromatic carbocycles. The molecule has 0 aromatic heterocycles. The van der Waals surface area contributed by atoms with E-state index in [4.69, 9.17) is 4.74 Å². The molecule has 1 aromatic rings. The molecule has 0 aliphatic heterocycles. The molecule has 0 N–H and O–H groups in total. The van der Waals surface area contributed by atoms with Gasteiger partial charge in [-0.05, 0) is 17.3 Å². The Morgan fingerprint density at radius 1 is 1.42 bits per heavy atom. The fourth-order valence-corrected chi connectivity index (χ4v) is 0.915. The molecule has 0 spiro atoms. The maximum atomic E-state index is 9.80. The van der Waals surface area contributed by atoms with Crippen LogP contribution in [-0.4, -0.2) is 7.11 Å². The van der Waals surface area contributed by atoms with Gasteiger partial charge in [0.15, 0.2) is 0 Å². The molecule has 0 heterocycles. The molecule has 0 atom stereocenters. The average Bonchev–Trinajstić information content (AvgIpc) is 2.15. The smallest absolute Gasteiger partial charge is 0.126 e. The van der Waals surface area contributed by atoms with Crippen molar-refractivity contribution in [2.75, 3.05) is 7.11 Å². The van der Waals surface area contributed by atoms with Crippen LogP contribution >= 0.6 is 0 Å². The number of ether oxygens (including phenoxy) is 1. The van der Waals surface area contributed by atoms with Crippen LogP contribution in [0, 0.1) is 4.91 Å². The van der Waals surface area contributed by atoms with E-state index in [2.05, 4.69) is 5.18 Å². The Hall–Kier alpha value is -1.64. The van der Waals surface area contributed by atoms with Crippen molar-refractivity contribution in [2.45, 2.75) is 0 Å². The van der Waals surface area contributed by atoms with Crippen LogP contribution in [0.2, 0.25) is 0 Å². The van der Waals surface area contributed by atoms with Gasteiger partial charge in [-0.25, -0.2) is 0 Å². The summed E-state index contributed by atoms with van der Waals surface area (Å²) in [6, 6.07) is 7.41. The normalized spacial score (nSPS) is 10.1. The molecule has 3 heteroatoms. The quantitative estimate of drug-likeness (QED) is 0.642. The molecule has 62 valence electrons. The van der Waals surface area contributed by atoms with Gasteiger partial charge in [-0.2, -0.15) is 0 Å². The van der Waals surface area contributed by atoms with E-state index < -0.39 is 0 Å². The molecular weight excluding hydrogens is 154 g/mol. The Morgan fingerprint density at radius 3 is 2.83 bits per heavy atom. The summed E-state index contributed by atoms with van der Waals surface area (Å²) >= 11 is 0. The van der Waals surface area contributed by atoms with E-state index in [0.717, 1.165) is 11.3 Å². The Morgan fingerprint density at radius 2 is 2.17 bits per heavy atom. The van der Waals surface area contributed by atoms with Gasteiger partial charge in [0, 0.05) is 5.56 Å². The van der Waals surface area contributed by atoms with Crippen molar-refractivity contribution >= 4 is 6.08 Å². The molecule has 1 rings (SSSR count). The van der Waals surface area contributed by atoms with Crippen molar-refractivity contribution in [3.8, 4) is 5.75 Å². The molecule has 0 radical (unpaired) electrons. The van der Waals surface area contributed by atoms with E-state index in [1.54, 1.807) is 13.2 Å². The third kappa shape index (κ3) is 1.92. The lowest BCUT2D eigenvalue weighted by Gasteiger charge is -2.01. The van der Waals surface area contributed by atoms with Crippen molar-refractivity contribution in [1.29, 1.82) is 0 Å². The molecule has 0 unspecified atom stereocenters. The van der Waals surface area contributed by atoms with Crippen LogP contribution in [-0.2, 0) is 0 Å². The molecule has 0 bridgehead atoms. The van der Waals surface area contributed by atoms with Crippen molar-refractivity contribution in [3.63, 3.8) is 0 Å². The van der Waals surface area contributed by atoms with Gasteiger partial charge in [0.25, 0.3) is 0 Å². The van der Waals surface area contributed by atoms with E-state index in [9.17, 15) is 4.91 Å². The average molecular weight is 163 g/mol. The molecule has 0 fully saturated rings. The summed E-state index contributed by atoms with van der Waals surface area (Å²) in [4.78, 5) is 9.80. The second-order valence-electron chi connectivity index (χ2n) is 2.16. The first-order valence-corrected chi connectivity index (χ1v) is 3.50. The fourth-order valence-electron chi connectivity index (χ4n) is 0.915. The van der Waals surface area contributed by atoms with E-state index in [0.29, 0.717) is 0 Å². The van der Waals surface area contributed by atoms with Crippen molar-refractivity contribution < 1.29 is 4.74 Å². The zero-order valence-electron chi connectivity index (χ0n) is 6.73. The Kier molecular flexibility index (Phi) is 3.02. The third-order valence-corrected chi connectivity index (χ3v) is 1.45. The Bertz CT molecular complexity index is 294. The Labute approximate surface area is 70.6 Å². The van der Waals surface area contributed by atoms with E-state index in [1.165, 1.54) is 6.20 Å². The number of hydrogen-bond acceptors (Lipinski definition) is 3. The highest BCUT2D eigenvalue weighted by Crippen LogP contribution is 2.18. The van der Waals surface area contributed by atoms with Crippen LogP contribution in [0.4, 0.5) is 0 Å². The van der Waals surface area contributed by atoms with Gasteiger partial charge in [-0.15, -0.1) is 4.91 Å². The van der Waals surface area contributed by atoms with Gasteiger partial charge < -0.3 is 4.74 Å². The predicted molar refractivity (Wildman–Crippen MR) is 47.8 cm³/mol. The molecule has 0 aliphatic rings. The van der Waals surface area contributed by atoms with E-state index >= 15 is 0 Å². The van der Waals surface area contributed by atoms with Crippen LogP contribution in [0.15, 0.2) is 35.6 Å². The second-order valence-corrected chi connectivity index (χ2v) is 2.16. The third-order valence-electron chi connectivity index (χ3n) is 1.45. The first kappa shape index (κ1) is 8.46. The van der Waals surface area contributed by atoms with Crippen LogP contribution in [0.5, 0.6) is 5.75 Å². The maximum absolute atomic E-state index is 9.80. The van der Waals surface area contributed by atoms with Crippen molar-refractivity contribution in [2.24, 2.45) is 5.18 Å². The van der Waals surface area contributed by atoms with Gasteiger partial charge in [0.05, 0.1) is 13.3 Å². The molecule has 0 amide bonds. The predicted octanol–water partition coefficient (Wildman–Crippen LogP) is 2.43. The van der Waals surface area contributed by atoms with Crippen LogP contribution < -0.4 is 4.74 Å². The number of nitroso groups, excluding NO2 is 1. The highest BCUT2D eigenvalue weighted by atomic mass is 16.5. The SMILES string of the molecule is COc1ccccc1/C=C/N=O. The first-order valence-electron chi connectivity index (χ1n) is 3.50. The zero-order valence-corrected chi connectivity index (χ0v) is 6.73. The lowest BCUT2D eigenvalue weighted by molar-refractivity contribution is 0.414. The molecule has 12 heavy (non-hydrogen) atoms. The van der Waals surface area contributed by atoms with E-state index in [1.807, 2.05) is 24.3 Å². The first-order chi connectivity index (χ1) is 5.88. The van der Waals surface area contributed by atoms with Crippen molar-refractivity contribution in [1.82, 2.24) is 0 Å². The topological polar surface area (TPSA) is 38.7 Å². The summed E-state index contributed by atoms with van der Waals surface area (Å²) in [5, 5.41) is 2.62. The lowest BCUT2D eigenvalue weighted by atomic mass is 10.2. The lowest BCUT2D eigenvalue weighted by Crippen LogP contribution is -1.84. The summed E-state index contributed by atoms with van der Waals surface area (Å²) in [5.74, 6) is 0.734. The zero-order chi connectivity index (χ0) is 8.81. The molecule has 3 nitrogen and oxygen atoms in total. The summed E-state index contributed by atoms with van der Waals surface area (Å²) in [7, 11) is 1.58. The highest BCUT2D eigenvalue weighted by molar-refractivity contribution is 5.56. The molecule has 0 saturated carbocycles. The number of nitrogens with zero attached hydrogens (tertiary/aromatic N) is 1. The molecule has 0 saturated heterocycles. The van der Waals surface area contributed by atoms with E-state index in [-0.39, 0.29) is 0 Å². The van der Waals surface area contributed by atoms with Crippen LogP contribution in [0.25, 0.3) is 6.08 Å². The minimum atomic E-state index is 0.734. The maximum Gasteiger partial charge on any atom is 0.126 e. The number of methoxy groups -OCH3 is 1. The summed E-state index contributed by atoms with van der Waals surface area (Å²) in [6.45, 7) is 0. The highest BCUT2D eigenvalue weighted by Gasteiger charge is 1.95. The summed E-state index contributed by atoms with van der Waals surface area (Å²) < 4.78 is 5.05. The van der Waals surface area contributed by atoms with Gasteiger partial charge in [0.2, 0.25) is 0 Å². The van der Waals surface area contributed by atoms with Gasteiger partial charge in [-0.1, -0.05) is 18.2 Å². The largest absolute Gasteiger partial charge is 0.496 e. The molecular formula is C9H9NO2. The van der Waals surface area contributed by atoms with Gasteiger partial charge in [-0.3, -0.25) is 0 Å². The standard InChI is InChI=1S/C9H9NO2/c1-12-9-5-3-2-4-8(9)6-7-10-11/h2-7H,1H3/b7-6+. The second kappa shape index (κ2) is 4.28. The number of hydrogen-bond donors (Lipinski definition) is 0. The van der Waals surface area contributed by atoms with Gasteiger partial charge >= 0.3 is 0 Å². The van der Waals surface area contributed by atoms with Crippen LogP contribution in [0.1, 0.15) is 5.56 Å². The summed E-state index contributed by atoms with van der Waals surface area (Å²) in [6.07, 6.45) is 2.80. The Balaban J connectivity index is 2.96. The van der Waals surface area contributed by atoms with Crippen molar-refractivity contribution in [3.05, 3.63) is 40.9 Å². The fraction of sp³-hybridized carbons (Fsp3) is 0.111. The number of rotatable bonds is 3. The summed E-state index contributed by atoms with van der Waals surface area (Å²) in [5.41, 5.74) is 0.847. The monoisotopic (exact) mass is 163 g/mol. The number of benzene rings is 1. The van der Waals surface area contributed by atoms with Crippen LogP contribution in [0.3, 0.4) is 0 Å². The minimum Gasteiger partial charge on any atom is -0.496 e. The molecule has 0 aliphatic carbocycles.